The molecule has 30 heavy (non-hydrogen) atoms. The molecule has 0 fully saturated rings. The molecule has 0 aliphatic carbocycles. The molecule has 4 rings (SSSR count). The number of anilines is 2. The van der Waals surface area contributed by atoms with Crippen LogP contribution in [0.5, 0.6) is 17.2 Å². The lowest BCUT2D eigenvalue weighted by molar-refractivity contribution is -0.118. The molecule has 3 N–H and O–H groups in total. The number of hydrogen-bond acceptors (Lipinski definition) is 7. The Balaban J connectivity index is 1.55. The number of amides is 2. The van der Waals surface area contributed by atoms with Crippen molar-refractivity contribution in [3.63, 3.8) is 0 Å². The highest BCUT2D eigenvalue weighted by atomic mass is 16.5. The van der Waals surface area contributed by atoms with E-state index in [-0.39, 0.29) is 30.8 Å². The van der Waals surface area contributed by atoms with Gasteiger partial charge in [0, 0.05) is 6.07 Å². The van der Waals surface area contributed by atoms with Crippen LogP contribution in [0, 0.1) is 0 Å². The van der Waals surface area contributed by atoms with Gasteiger partial charge in [0.2, 0.25) is 11.9 Å². The van der Waals surface area contributed by atoms with Crippen molar-refractivity contribution in [1.29, 1.82) is 0 Å². The summed E-state index contributed by atoms with van der Waals surface area (Å²) in [7, 11) is 2.95. The molecular weight excluding hydrogens is 392 g/mol. The van der Waals surface area contributed by atoms with Crippen molar-refractivity contribution >= 4 is 34.4 Å². The molecule has 0 radical (unpaired) electrons. The molecule has 2 aromatic carbocycles. The van der Waals surface area contributed by atoms with Gasteiger partial charge in [-0.3, -0.25) is 24.7 Å². The first-order valence-electron chi connectivity index (χ1n) is 8.98. The Hall–Kier alpha value is -4.08. The third-order valence-corrected chi connectivity index (χ3v) is 4.51. The minimum atomic E-state index is -0.426. The van der Waals surface area contributed by atoms with Crippen LogP contribution in [-0.4, -0.2) is 42.6 Å². The number of rotatable bonds is 5. The maximum atomic E-state index is 12.4. The summed E-state index contributed by atoms with van der Waals surface area (Å²) in [4.78, 5) is 43.1. The standard InChI is InChI=1S/C20H18N4O6/c1-28-15-7-11-12(8-16(15)29-2)22-20(24-19(11)27)23-17(25)6-10-3-4-14-13(5-10)21-18(26)9-30-14/h3-5,7-8H,6,9H2,1-2H3,(H,21,26)(H2,22,23,24,25,27). The Bertz CT molecular complexity index is 1220. The van der Waals surface area contributed by atoms with E-state index in [0.29, 0.717) is 39.4 Å². The molecule has 2 amide bonds. The summed E-state index contributed by atoms with van der Waals surface area (Å²) < 4.78 is 15.7. The molecule has 1 aliphatic heterocycles. The van der Waals surface area contributed by atoms with E-state index in [1.165, 1.54) is 20.3 Å². The fourth-order valence-electron chi connectivity index (χ4n) is 3.13. The van der Waals surface area contributed by atoms with E-state index in [9.17, 15) is 14.4 Å². The number of H-pyrrole nitrogens is 1. The first-order chi connectivity index (χ1) is 14.5. The first-order valence-corrected chi connectivity index (χ1v) is 8.98. The molecule has 0 saturated heterocycles. The molecule has 0 atom stereocenters. The molecular formula is C20H18N4O6. The number of nitrogens with zero attached hydrogens (tertiary/aromatic N) is 1. The SMILES string of the molecule is COc1cc2nc(NC(=O)Cc3ccc4c(c3)NC(=O)CO4)[nH]c(=O)c2cc1OC. The minimum absolute atomic E-state index is 0.0107. The van der Waals surface area contributed by atoms with E-state index in [2.05, 4.69) is 20.6 Å². The molecule has 1 aliphatic rings. The Morgan fingerprint density at radius 1 is 1.17 bits per heavy atom. The van der Waals surface area contributed by atoms with E-state index in [0.717, 1.165) is 0 Å². The highest BCUT2D eigenvalue weighted by Crippen LogP contribution is 2.30. The minimum Gasteiger partial charge on any atom is -0.493 e. The molecule has 1 aromatic heterocycles. The van der Waals surface area contributed by atoms with Gasteiger partial charge in [-0.15, -0.1) is 0 Å². The third kappa shape index (κ3) is 3.75. The fraction of sp³-hybridized carbons (Fsp3) is 0.200. The Kier molecular flexibility index (Phi) is 4.97. The smallest absolute Gasteiger partial charge is 0.262 e. The van der Waals surface area contributed by atoms with Crippen molar-refractivity contribution < 1.29 is 23.8 Å². The van der Waals surface area contributed by atoms with Gasteiger partial charge in [0.25, 0.3) is 11.5 Å². The molecule has 10 heteroatoms. The van der Waals surface area contributed by atoms with Crippen molar-refractivity contribution in [2.24, 2.45) is 0 Å². The number of nitrogens with one attached hydrogen (secondary N) is 3. The molecule has 0 spiro atoms. The van der Waals surface area contributed by atoms with Crippen LogP contribution in [0.3, 0.4) is 0 Å². The summed E-state index contributed by atoms with van der Waals surface area (Å²) in [5.74, 6) is 0.731. The van der Waals surface area contributed by atoms with Crippen molar-refractivity contribution in [3.8, 4) is 17.2 Å². The highest BCUT2D eigenvalue weighted by molar-refractivity contribution is 5.96. The number of carbonyl (C=O) groups excluding carboxylic acids is 2. The first kappa shape index (κ1) is 19.2. The second kappa shape index (κ2) is 7.74. The second-order valence-electron chi connectivity index (χ2n) is 6.53. The quantitative estimate of drug-likeness (QED) is 0.580. The average molecular weight is 410 g/mol. The number of aromatic amines is 1. The van der Waals surface area contributed by atoms with E-state index < -0.39 is 5.56 Å². The molecule has 0 bridgehead atoms. The van der Waals surface area contributed by atoms with Crippen LogP contribution in [0.2, 0.25) is 0 Å². The molecule has 0 saturated carbocycles. The van der Waals surface area contributed by atoms with E-state index in [4.69, 9.17) is 14.2 Å². The normalized spacial score (nSPS) is 12.5. The van der Waals surface area contributed by atoms with Crippen LogP contribution in [-0.2, 0) is 16.0 Å². The largest absolute Gasteiger partial charge is 0.493 e. The number of carbonyl (C=O) groups is 2. The summed E-state index contributed by atoms with van der Waals surface area (Å²) >= 11 is 0. The fourth-order valence-corrected chi connectivity index (χ4v) is 3.13. The zero-order valence-electron chi connectivity index (χ0n) is 16.2. The van der Waals surface area contributed by atoms with E-state index in [1.807, 2.05) is 0 Å². The van der Waals surface area contributed by atoms with Crippen LogP contribution in [0.15, 0.2) is 35.1 Å². The second-order valence-corrected chi connectivity index (χ2v) is 6.53. The average Bonchev–Trinajstić information content (AvgIpc) is 2.72. The Labute approximate surface area is 170 Å². The number of benzene rings is 2. The molecule has 3 aromatic rings. The summed E-state index contributed by atoms with van der Waals surface area (Å²) in [6.45, 7) is -0.0372. The number of fused-ring (bicyclic) bond motifs is 2. The topological polar surface area (TPSA) is 132 Å². The van der Waals surface area contributed by atoms with Gasteiger partial charge in [0.05, 0.1) is 37.2 Å². The van der Waals surface area contributed by atoms with Gasteiger partial charge in [0.1, 0.15) is 5.75 Å². The summed E-state index contributed by atoms with van der Waals surface area (Å²) in [5.41, 5.74) is 1.09. The van der Waals surface area contributed by atoms with Crippen molar-refractivity contribution in [3.05, 3.63) is 46.2 Å². The molecule has 154 valence electrons. The number of ether oxygens (including phenoxy) is 3. The zero-order chi connectivity index (χ0) is 21.3. The van der Waals surface area contributed by atoms with Crippen LogP contribution in [0.25, 0.3) is 10.9 Å². The van der Waals surface area contributed by atoms with Crippen molar-refractivity contribution in [2.75, 3.05) is 31.5 Å². The number of methoxy groups -OCH3 is 2. The molecule has 10 nitrogen and oxygen atoms in total. The van der Waals surface area contributed by atoms with Gasteiger partial charge in [-0.1, -0.05) is 6.07 Å². The lowest BCUT2D eigenvalue weighted by atomic mass is 10.1. The maximum absolute atomic E-state index is 12.4. The number of aromatic nitrogens is 2. The molecule has 0 unspecified atom stereocenters. The predicted octanol–water partition coefficient (Wildman–Crippen LogP) is 1.45. The Morgan fingerprint density at radius 3 is 2.70 bits per heavy atom. The van der Waals surface area contributed by atoms with Gasteiger partial charge >= 0.3 is 0 Å². The van der Waals surface area contributed by atoms with Crippen LogP contribution in [0.4, 0.5) is 11.6 Å². The van der Waals surface area contributed by atoms with Gasteiger partial charge < -0.3 is 19.5 Å². The predicted molar refractivity (Wildman–Crippen MR) is 108 cm³/mol. The number of hydrogen-bond donors (Lipinski definition) is 3. The van der Waals surface area contributed by atoms with Gasteiger partial charge in [0.15, 0.2) is 18.1 Å². The van der Waals surface area contributed by atoms with Crippen LogP contribution >= 0.6 is 0 Å². The highest BCUT2D eigenvalue weighted by Gasteiger charge is 2.17. The summed E-state index contributed by atoms with van der Waals surface area (Å²) in [6.07, 6.45) is 0.0107. The van der Waals surface area contributed by atoms with Crippen molar-refractivity contribution in [1.82, 2.24) is 9.97 Å². The van der Waals surface area contributed by atoms with Gasteiger partial charge in [-0.2, -0.15) is 0 Å². The van der Waals surface area contributed by atoms with E-state index in [1.54, 1.807) is 24.3 Å². The summed E-state index contributed by atoms with van der Waals surface area (Å²) in [5, 5.41) is 5.58. The van der Waals surface area contributed by atoms with Crippen LogP contribution in [0.1, 0.15) is 5.56 Å². The molecule has 2 heterocycles. The zero-order valence-corrected chi connectivity index (χ0v) is 16.2. The van der Waals surface area contributed by atoms with E-state index >= 15 is 0 Å². The third-order valence-electron chi connectivity index (χ3n) is 4.51. The van der Waals surface area contributed by atoms with Gasteiger partial charge in [-0.05, 0) is 23.8 Å². The summed E-state index contributed by atoms with van der Waals surface area (Å²) in [6, 6.07) is 8.16. The maximum Gasteiger partial charge on any atom is 0.262 e. The Morgan fingerprint density at radius 2 is 1.93 bits per heavy atom. The monoisotopic (exact) mass is 410 g/mol. The van der Waals surface area contributed by atoms with Gasteiger partial charge in [-0.25, -0.2) is 4.98 Å². The van der Waals surface area contributed by atoms with Crippen molar-refractivity contribution in [2.45, 2.75) is 6.42 Å². The van der Waals surface area contributed by atoms with Crippen LogP contribution < -0.4 is 30.4 Å². The lowest BCUT2D eigenvalue weighted by Crippen LogP contribution is -2.25. The lowest BCUT2D eigenvalue weighted by Gasteiger charge is -2.18.